The molecule has 2 fully saturated rings. The maximum atomic E-state index is 12.8. The van der Waals surface area contributed by atoms with E-state index in [1.165, 1.54) is 68.9 Å². The molecule has 0 spiro atoms. The number of benzene rings is 7. The number of carbonyl (C=O) groups is 10. The number of aryl methyl sites for hydroxylation is 3. The van der Waals surface area contributed by atoms with Crippen molar-refractivity contribution in [3.8, 4) is 23.0 Å². The molecule has 31 heteroatoms. The summed E-state index contributed by atoms with van der Waals surface area (Å²) in [7, 11) is 6.86. The summed E-state index contributed by atoms with van der Waals surface area (Å²) in [6.07, 6.45) is 5.46. The molecule has 718 valence electrons. The Morgan fingerprint density at radius 3 is 1.09 bits per heavy atom. The van der Waals surface area contributed by atoms with Crippen molar-refractivity contribution < 1.29 is 92.1 Å². The third-order valence-electron chi connectivity index (χ3n) is 25.5. The summed E-state index contributed by atoms with van der Waals surface area (Å²) in [5, 5.41) is 48.0. The first-order valence-corrected chi connectivity index (χ1v) is 45.2. The van der Waals surface area contributed by atoms with E-state index in [9.17, 15) is 63.3 Å². The Balaban J connectivity index is 0.000000211. The molecule has 0 aliphatic carbocycles. The Kier molecular flexibility index (Phi) is 36.9. The van der Waals surface area contributed by atoms with Gasteiger partial charge in [-0.25, -0.2) is 4.79 Å². The maximum Gasteiger partial charge on any atom is 0.328 e. The molecule has 0 saturated carbocycles. The van der Waals surface area contributed by atoms with Crippen LogP contribution in [0.5, 0.6) is 23.0 Å². The number of phenols is 4. The number of nitrogens with one attached hydrogen (secondary N) is 3. The number of hydrogen-bond acceptors (Lipinski definition) is 23. The first kappa shape index (κ1) is 108. The summed E-state index contributed by atoms with van der Waals surface area (Å²) in [5.74, 6) is -0.664. The summed E-state index contributed by atoms with van der Waals surface area (Å²) in [5.41, 5.74) is 20.8. The van der Waals surface area contributed by atoms with Gasteiger partial charge in [-0.2, -0.15) is 0 Å². The molecule has 8 heterocycles. The van der Waals surface area contributed by atoms with E-state index in [2.05, 4.69) is 107 Å². The molecule has 8 aliphatic heterocycles. The molecule has 8 aliphatic rings. The lowest BCUT2D eigenvalue weighted by Crippen LogP contribution is -2.67. The topological polar surface area (TPSA) is 376 Å². The first-order valence-electron chi connectivity index (χ1n) is 44.1. The van der Waals surface area contributed by atoms with Gasteiger partial charge in [0, 0.05) is 49.0 Å². The van der Waals surface area contributed by atoms with Gasteiger partial charge in [0.05, 0.1) is 70.6 Å². The van der Waals surface area contributed by atoms with Gasteiger partial charge in [0.1, 0.15) is 65.3 Å². The summed E-state index contributed by atoms with van der Waals surface area (Å²) in [6, 6.07) is 38.3. The van der Waals surface area contributed by atoms with E-state index < -0.39 is 40.7 Å². The highest BCUT2D eigenvalue weighted by Crippen LogP contribution is 2.45. The fourth-order valence-electron chi connectivity index (χ4n) is 19.6. The number of nitrogens with zero attached hydrogens (tertiary/aromatic N) is 5. The SMILES string of the molecule is CCCN1CC(=O)N2C(Cc3cc(C)ccc3C2(C)C)C1=O.CCCN1CC(=O)N2C(Cc3cc(O)ccc3C2(C)C)C1=O.COC(=O)C(N)Cc1cccc(O)c1.COC(=O)C1Cc2cc(C)ccc2C(C)(C)N1.COC(=O)C1Cc2cc(C)ccc2C(C)(C)N1C(=O)CBr.COC(=O)C1Cc2cc(O)ccc2C(C)(C)N1.COC(=O)C1Cc2cc(O)ccc2C(C)(C)N1.Cl.Cl. The number of carbonyl (C=O) groups excluding carboxylic acids is 10. The molecule has 2 saturated heterocycles. The second kappa shape index (κ2) is 44.9. The van der Waals surface area contributed by atoms with Gasteiger partial charge in [-0.3, -0.25) is 59.1 Å². The molecule has 9 N–H and O–H groups in total. The van der Waals surface area contributed by atoms with E-state index in [1.54, 1.807) is 80.3 Å². The van der Waals surface area contributed by atoms with Crippen molar-refractivity contribution in [2.45, 2.75) is 251 Å². The van der Waals surface area contributed by atoms with E-state index in [-0.39, 0.29) is 160 Å². The van der Waals surface area contributed by atoms with Crippen LogP contribution in [0, 0.1) is 20.8 Å². The standard InChI is InChI=1S/C18H24N2O2.C17H22N2O3.C16H20BrNO3.C14H19NO2.2C13H17NO3.C10H13NO3.2ClH/c1-5-8-19-11-16(21)20-15(17(19)22)10-13-9-12(2)6-7-14(13)18(20,3)4;1-4-7-18-10-15(21)19-14(16(18)22)9-11-8-12(20)5-6-13(11)17(19,2)3;1-10-5-6-12-11(7-10)8-13(15(20)21-4)18(14(19)9-17)16(12,2)3;1-9-5-6-11-10(7-9)8-12(13(16)17-4)15-14(11,2)3;2*1-13(2)10-5-4-9(15)6-8(10)7-11(14-13)12(16)17-3;1-14-10(13)9(11)6-7-3-2-4-8(12)5-7;;/h6-7,9,15H,5,8,10-11H2,1-4H3;5-6,8,14,20H,4,7,9-10H2,1-3H3;5-7,13H,8-9H2,1-4H3;5-7,12,15H,8H2,1-4H3;2*4-6,11,14-15H,7H2,1-3H3;2-5,9,12H,6,11H2,1H3;2*1H. The summed E-state index contributed by atoms with van der Waals surface area (Å²) in [4.78, 5) is 130. The van der Waals surface area contributed by atoms with Crippen molar-refractivity contribution in [3.05, 3.63) is 222 Å². The zero-order valence-electron chi connectivity index (χ0n) is 80.1. The Morgan fingerprint density at radius 2 is 0.742 bits per heavy atom. The van der Waals surface area contributed by atoms with Gasteiger partial charge < -0.3 is 74.3 Å². The van der Waals surface area contributed by atoms with Crippen molar-refractivity contribution in [1.82, 2.24) is 40.4 Å². The Labute approximate surface area is 797 Å². The van der Waals surface area contributed by atoms with E-state index in [4.69, 9.17) is 29.8 Å². The monoisotopic (exact) mass is 1930 g/mol. The predicted molar refractivity (Wildman–Crippen MR) is 513 cm³/mol. The van der Waals surface area contributed by atoms with E-state index in [0.717, 1.165) is 68.5 Å². The molecular weight excluding hydrogens is 1790 g/mol. The third kappa shape index (κ3) is 24.7. The molecule has 7 atom stereocenters. The number of ether oxygens (including phenoxy) is 5. The van der Waals surface area contributed by atoms with Crippen LogP contribution in [-0.2, 0) is 150 Å². The molecule has 28 nitrogen and oxygen atoms in total. The highest BCUT2D eigenvalue weighted by molar-refractivity contribution is 9.09. The number of piperazine rings is 2. The van der Waals surface area contributed by atoms with Crippen molar-refractivity contribution in [1.29, 1.82) is 0 Å². The molecule has 0 bridgehead atoms. The third-order valence-corrected chi connectivity index (χ3v) is 25.9. The molecule has 5 amide bonds. The molecular formula is C101H134BrCl2N9O19. The van der Waals surface area contributed by atoms with E-state index in [0.29, 0.717) is 58.0 Å². The second-order valence-corrected chi connectivity index (χ2v) is 38.0. The van der Waals surface area contributed by atoms with Gasteiger partial charge in [0.2, 0.25) is 29.5 Å². The number of methoxy groups -OCH3 is 5. The number of alkyl halides is 1. The van der Waals surface area contributed by atoms with Gasteiger partial charge in [0.25, 0.3) is 0 Å². The number of nitrogens with two attached hydrogens (primary N) is 1. The lowest BCUT2D eigenvalue weighted by atomic mass is 9.78. The average Bonchev–Trinajstić information content (AvgIpc) is 0.749. The number of rotatable bonds is 12. The van der Waals surface area contributed by atoms with Gasteiger partial charge in [-0.15, -0.1) is 24.8 Å². The Hall–Kier alpha value is -10.7. The lowest BCUT2D eigenvalue weighted by molar-refractivity contribution is -0.163. The first-order chi connectivity index (χ1) is 61.0. The van der Waals surface area contributed by atoms with Crippen molar-refractivity contribution in [2.75, 3.05) is 67.1 Å². The van der Waals surface area contributed by atoms with E-state index >= 15 is 0 Å². The highest BCUT2D eigenvalue weighted by atomic mass is 79.9. The number of amides is 5. The summed E-state index contributed by atoms with van der Waals surface area (Å²) < 4.78 is 23.7. The van der Waals surface area contributed by atoms with Crippen molar-refractivity contribution in [2.24, 2.45) is 5.73 Å². The van der Waals surface area contributed by atoms with Gasteiger partial charge >= 0.3 is 29.8 Å². The van der Waals surface area contributed by atoms with Crippen molar-refractivity contribution >= 4 is 100 Å². The zero-order valence-corrected chi connectivity index (χ0v) is 83.3. The normalized spacial score (nSPS) is 20.6. The van der Waals surface area contributed by atoms with Crippen LogP contribution in [0.4, 0.5) is 0 Å². The van der Waals surface area contributed by atoms with Crippen molar-refractivity contribution in [3.63, 3.8) is 0 Å². The lowest BCUT2D eigenvalue weighted by Gasteiger charge is -2.52. The molecule has 0 radical (unpaired) electrons. The van der Waals surface area contributed by atoms with Crippen LogP contribution >= 0.6 is 40.7 Å². The predicted octanol–water partition coefficient (Wildman–Crippen LogP) is 12.2. The van der Waals surface area contributed by atoms with Crippen LogP contribution in [-0.4, -0.2) is 214 Å². The highest BCUT2D eigenvalue weighted by Gasteiger charge is 2.53. The number of phenolic OH excluding ortho intramolecular Hbond substituents is 4. The van der Waals surface area contributed by atoms with Crippen LogP contribution in [0.1, 0.15) is 199 Å². The smallest absolute Gasteiger partial charge is 0.328 e. The van der Waals surface area contributed by atoms with Crippen LogP contribution in [0.3, 0.4) is 0 Å². The van der Waals surface area contributed by atoms with Crippen LogP contribution in [0.15, 0.2) is 133 Å². The molecule has 132 heavy (non-hydrogen) atoms. The minimum absolute atomic E-state index is 0. The van der Waals surface area contributed by atoms with Gasteiger partial charge in [0.15, 0.2) is 0 Å². The quantitative estimate of drug-likeness (QED) is 0.0320. The second-order valence-electron chi connectivity index (χ2n) is 37.5. The average molecular weight is 1930 g/mol. The number of aromatic hydroxyl groups is 4. The van der Waals surface area contributed by atoms with E-state index in [1.807, 2.05) is 125 Å². The molecule has 7 aromatic rings. The molecule has 7 unspecified atom stereocenters. The van der Waals surface area contributed by atoms with Gasteiger partial charge in [-0.05, 0) is 263 Å². The number of fused-ring (bicyclic) bond motifs is 8. The minimum atomic E-state index is -0.679. The number of esters is 5. The zero-order chi connectivity index (χ0) is 96.4. The summed E-state index contributed by atoms with van der Waals surface area (Å²) in [6.45, 7) is 36.1. The maximum absolute atomic E-state index is 12.8. The molecule has 0 aromatic heterocycles. The van der Waals surface area contributed by atoms with Crippen LogP contribution in [0.2, 0.25) is 0 Å². The number of halogens is 3. The fourth-order valence-corrected chi connectivity index (χ4v) is 19.9. The fraction of sp³-hybridized carbons (Fsp3) is 0.485. The van der Waals surface area contributed by atoms with Crippen LogP contribution in [0.25, 0.3) is 0 Å². The van der Waals surface area contributed by atoms with Gasteiger partial charge in [-0.1, -0.05) is 131 Å². The Morgan fingerprint density at radius 1 is 0.424 bits per heavy atom. The molecule has 15 rings (SSSR count). The van der Waals surface area contributed by atoms with Crippen LogP contribution < -0.4 is 21.7 Å². The molecule has 7 aromatic carbocycles. The largest absolute Gasteiger partial charge is 0.508 e. The number of hydrogen-bond donors (Lipinski definition) is 8. The Bertz CT molecular complexity index is 5050. The summed E-state index contributed by atoms with van der Waals surface area (Å²) >= 11 is 3.21. The minimum Gasteiger partial charge on any atom is -0.508 e.